The summed E-state index contributed by atoms with van der Waals surface area (Å²) in [5.41, 5.74) is -0.518. The number of anilines is 3. The van der Waals surface area contributed by atoms with E-state index < -0.39 is 41.2 Å². The van der Waals surface area contributed by atoms with Gasteiger partial charge in [0.25, 0.3) is 5.91 Å². The number of halogens is 7. The molecule has 0 bridgehead atoms. The van der Waals surface area contributed by atoms with Crippen LogP contribution in [-0.2, 0) is 12.4 Å². The Morgan fingerprint density at radius 1 is 0.872 bits per heavy atom. The monoisotopic (exact) mass is 659 g/mol. The number of carbonyl (C=O) groups excluding carboxylic acids is 2. The fraction of sp³-hybridized carbons (Fsp3) is 0.226. The largest absolute Gasteiger partial charge is 0.419 e. The van der Waals surface area contributed by atoms with Crippen molar-refractivity contribution >= 4 is 29.0 Å². The minimum atomic E-state index is -4.95. The summed E-state index contributed by atoms with van der Waals surface area (Å²) in [7, 11) is 0. The van der Waals surface area contributed by atoms with E-state index in [1.54, 1.807) is 19.1 Å². The van der Waals surface area contributed by atoms with Gasteiger partial charge in [0.15, 0.2) is 0 Å². The molecule has 47 heavy (non-hydrogen) atoms. The van der Waals surface area contributed by atoms with Crippen LogP contribution in [0.5, 0.6) is 0 Å². The fourth-order valence-corrected chi connectivity index (χ4v) is 5.06. The molecular weight excluding hydrogens is 635 g/mol. The lowest BCUT2D eigenvalue weighted by Gasteiger charge is -2.36. The van der Waals surface area contributed by atoms with Gasteiger partial charge in [0.2, 0.25) is 0 Å². The number of aromatic nitrogens is 2. The Bertz CT molecular complexity index is 1850. The molecule has 0 unspecified atom stereocenters. The van der Waals surface area contributed by atoms with Crippen molar-refractivity contribution in [1.29, 1.82) is 5.26 Å². The van der Waals surface area contributed by atoms with Crippen LogP contribution in [0.15, 0.2) is 66.9 Å². The van der Waals surface area contributed by atoms with E-state index in [4.69, 9.17) is 0 Å². The van der Waals surface area contributed by atoms with Gasteiger partial charge in [-0.1, -0.05) is 0 Å². The molecule has 244 valence electrons. The molecule has 4 aromatic rings. The van der Waals surface area contributed by atoms with Gasteiger partial charge in [0.1, 0.15) is 11.9 Å². The Morgan fingerprint density at radius 3 is 2.17 bits per heavy atom. The van der Waals surface area contributed by atoms with Gasteiger partial charge in [-0.3, -0.25) is 4.79 Å². The molecule has 3 aromatic carbocycles. The maximum atomic E-state index is 13.7. The molecule has 1 aliphatic heterocycles. The van der Waals surface area contributed by atoms with Crippen LogP contribution in [0.4, 0.5) is 52.6 Å². The van der Waals surface area contributed by atoms with Crippen molar-refractivity contribution < 1.29 is 40.3 Å². The van der Waals surface area contributed by atoms with Crippen molar-refractivity contribution in [1.82, 2.24) is 14.7 Å². The summed E-state index contributed by atoms with van der Waals surface area (Å²) in [5.74, 6) is -2.15. The summed E-state index contributed by atoms with van der Waals surface area (Å²) in [4.78, 5) is 28.7. The second-order valence-electron chi connectivity index (χ2n) is 10.5. The zero-order valence-electron chi connectivity index (χ0n) is 24.4. The molecule has 0 saturated carbocycles. The van der Waals surface area contributed by atoms with Gasteiger partial charge < -0.3 is 20.4 Å². The second-order valence-corrected chi connectivity index (χ2v) is 10.5. The lowest BCUT2D eigenvalue weighted by atomic mass is 10.1. The highest BCUT2D eigenvalue weighted by Gasteiger charge is 2.35. The SMILES string of the molecule is Cc1c(NC(=O)Nc2ccc(N3CCN(C(=O)c4ccc(F)c(C(F)(F)F)c4)CC3)c(C#N)c2)cnn1-c1ccc(C(F)(F)F)cc1. The quantitative estimate of drug-likeness (QED) is 0.229. The molecule has 0 aliphatic carbocycles. The molecule has 0 radical (unpaired) electrons. The Morgan fingerprint density at radius 2 is 1.55 bits per heavy atom. The van der Waals surface area contributed by atoms with Crippen molar-refractivity contribution in [2.75, 3.05) is 41.7 Å². The van der Waals surface area contributed by atoms with Crippen molar-refractivity contribution in [3.63, 3.8) is 0 Å². The molecule has 3 amide bonds. The van der Waals surface area contributed by atoms with Crippen molar-refractivity contribution in [3.05, 3.63) is 101 Å². The molecule has 1 aliphatic rings. The summed E-state index contributed by atoms with van der Waals surface area (Å²) in [6, 6.07) is 12.5. The minimum absolute atomic E-state index is 0.129. The van der Waals surface area contributed by atoms with Crippen LogP contribution in [0.1, 0.15) is 32.7 Å². The predicted octanol–water partition coefficient (Wildman–Crippen LogP) is 6.84. The summed E-state index contributed by atoms with van der Waals surface area (Å²) in [6.45, 7) is 2.39. The molecule has 1 aromatic heterocycles. The van der Waals surface area contributed by atoms with Crippen LogP contribution in [0.2, 0.25) is 0 Å². The maximum absolute atomic E-state index is 13.7. The highest BCUT2D eigenvalue weighted by Crippen LogP contribution is 2.33. The summed E-state index contributed by atoms with van der Waals surface area (Å²) in [6.07, 6.45) is -8.09. The van der Waals surface area contributed by atoms with Crippen molar-refractivity contribution in [2.24, 2.45) is 0 Å². The van der Waals surface area contributed by atoms with E-state index in [0.29, 0.717) is 34.9 Å². The number of nitrogens with one attached hydrogen (secondary N) is 2. The van der Waals surface area contributed by atoms with Gasteiger partial charge >= 0.3 is 18.4 Å². The molecule has 0 spiro atoms. The van der Waals surface area contributed by atoms with E-state index in [1.807, 2.05) is 4.90 Å². The van der Waals surface area contributed by atoms with E-state index in [0.717, 1.165) is 18.2 Å². The number of hydrogen-bond donors (Lipinski definition) is 2. The van der Waals surface area contributed by atoms with Crippen LogP contribution in [0.25, 0.3) is 5.69 Å². The number of amides is 3. The summed E-state index contributed by atoms with van der Waals surface area (Å²) in [5, 5.41) is 19.2. The third-order valence-corrected chi connectivity index (χ3v) is 7.50. The smallest absolute Gasteiger partial charge is 0.367 e. The standard InChI is InChI=1S/C31H24F7N7O2/c1-18-26(17-40-45(18)23-6-3-21(4-7-23)30(33,34)35)42-29(47)41-22-5-9-27(20(14-22)16-39)43-10-12-44(13-11-43)28(46)19-2-8-25(32)24(15-19)31(36,37)38/h2-9,14-15,17H,10-13H2,1H3,(H2,41,42,47). The number of nitriles is 1. The van der Waals surface area contributed by atoms with Crippen LogP contribution in [-0.4, -0.2) is 52.8 Å². The zero-order chi connectivity index (χ0) is 34.1. The Hall–Kier alpha value is -5.59. The van der Waals surface area contributed by atoms with E-state index in [1.165, 1.54) is 34.0 Å². The van der Waals surface area contributed by atoms with Gasteiger partial charge in [-0.15, -0.1) is 0 Å². The summed E-state index contributed by atoms with van der Waals surface area (Å²) < 4.78 is 93.0. The van der Waals surface area contributed by atoms with Gasteiger partial charge in [-0.2, -0.15) is 36.7 Å². The number of benzene rings is 3. The molecule has 1 saturated heterocycles. The number of carbonyl (C=O) groups is 2. The first-order valence-corrected chi connectivity index (χ1v) is 13.9. The highest BCUT2D eigenvalue weighted by molar-refractivity contribution is 6.00. The van der Waals surface area contributed by atoms with E-state index in [2.05, 4.69) is 21.8 Å². The lowest BCUT2D eigenvalue weighted by Crippen LogP contribution is -2.49. The topological polar surface area (TPSA) is 106 Å². The van der Waals surface area contributed by atoms with E-state index >= 15 is 0 Å². The van der Waals surface area contributed by atoms with Crippen LogP contribution >= 0.6 is 0 Å². The zero-order valence-corrected chi connectivity index (χ0v) is 24.4. The van der Waals surface area contributed by atoms with Crippen LogP contribution in [0.3, 0.4) is 0 Å². The number of piperazine rings is 1. The number of urea groups is 1. The Labute approximate surface area is 262 Å². The third-order valence-electron chi connectivity index (χ3n) is 7.50. The molecule has 2 heterocycles. The molecular formula is C31H24F7N7O2. The number of hydrogen-bond acceptors (Lipinski definition) is 5. The fourth-order valence-electron chi connectivity index (χ4n) is 5.06. The average molecular weight is 660 g/mol. The molecule has 0 atom stereocenters. The van der Waals surface area contributed by atoms with Gasteiger partial charge in [0.05, 0.1) is 45.6 Å². The second kappa shape index (κ2) is 12.7. The van der Waals surface area contributed by atoms with Crippen molar-refractivity contribution in [3.8, 4) is 11.8 Å². The number of nitrogens with zero attached hydrogens (tertiary/aromatic N) is 5. The van der Waals surface area contributed by atoms with Gasteiger partial charge in [-0.05, 0) is 67.6 Å². The first kappa shape index (κ1) is 32.8. The Balaban J connectivity index is 1.20. The van der Waals surface area contributed by atoms with Crippen molar-refractivity contribution in [2.45, 2.75) is 19.3 Å². The van der Waals surface area contributed by atoms with Crippen LogP contribution in [0, 0.1) is 24.1 Å². The molecule has 2 N–H and O–H groups in total. The lowest BCUT2D eigenvalue weighted by molar-refractivity contribution is -0.140. The van der Waals surface area contributed by atoms with Gasteiger partial charge in [-0.25, -0.2) is 13.9 Å². The predicted molar refractivity (Wildman–Crippen MR) is 157 cm³/mol. The molecule has 16 heteroatoms. The van der Waals surface area contributed by atoms with E-state index in [-0.39, 0.29) is 43.0 Å². The maximum Gasteiger partial charge on any atom is 0.419 e. The minimum Gasteiger partial charge on any atom is -0.367 e. The average Bonchev–Trinajstić information content (AvgIpc) is 3.39. The summed E-state index contributed by atoms with van der Waals surface area (Å²) >= 11 is 0. The first-order chi connectivity index (χ1) is 22.2. The third kappa shape index (κ3) is 7.13. The van der Waals surface area contributed by atoms with Crippen LogP contribution < -0.4 is 15.5 Å². The number of rotatable bonds is 5. The number of alkyl halides is 6. The highest BCUT2D eigenvalue weighted by atomic mass is 19.4. The van der Waals surface area contributed by atoms with E-state index in [9.17, 15) is 45.6 Å². The first-order valence-electron chi connectivity index (χ1n) is 13.9. The molecule has 5 rings (SSSR count). The normalized spacial score (nSPS) is 13.7. The Kier molecular flexibility index (Phi) is 8.83. The van der Waals surface area contributed by atoms with Gasteiger partial charge in [0, 0.05) is 37.4 Å². The molecule has 9 nitrogen and oxygen atoms in total. The molecule has 1 fully saturated rings.